The number of thioether (sulfide) groups is 1. The highest BCUT2D eigenvalue weighted by Crippen LogP contribution is 2.31. The predicted octanol–water partition coefficient (Wildman–Crippen LogP) is 4.85. The second-order valence-electron chi connectivity index (χ2n) is 5.22. The molecular formula is C18H15ClN2OS. The van der Waals surface area contributed by atoms with Crippen LogP contribution in [0.3, 0.4) is 0 Å². The first-order valence-corrected chi connectivity index (χ1v) is 8.34. The Kier molecular flexibility index (Phi) is 4.55. The number of carbonyl (C=O) groups excluding carboxylic acids is 1. The monoisotopic (exact) mass is 342 g/mol. The molecule has 0 bridgehead atoms. The Labute approximate surface area is 144 Å². The van der Waals surface area contributed by atoms with E-state index in [1.807, 2.05) is 62.4 Å². The lowest BCUT2D eigenvalue weighted by Crippen LogP contribution is -2.19. The van der Waals surface area contributed by atoms with Gasteiger partial charge >= 0.3 is 0 Å². The fraction of sp³-hybridized carbons (Fsp3) is 0.111. The van der Waals surface area contributed by atoms with E-state index in [4.69, 9.17) is 11.6 Å². The third kappa shape index (κ3) is 3.49. The van der Waals surface area contributed by atoms with Gasteiger partial charge in [-0.1, -0.05) is 41.9 Å². The van der Waals surface area contributed by atoms with E-state index < -0.39 is 0 Å². The lowest BCUT2D eigenvalue weighted by molar-refractivity contribution is -0.115. The Hall–Kier alpha value is -2.04. The molecule has 0 aromatic heterocycles. The van der Waals surface area contributed by atoms with E-state index in [1.165, 1.54) is 11.8 Å². The van der Waals surface area contributed by atoms with Crippen LogP contribution in [0, 0.1) is 13.8 Å². The number of benzene rings is 2. The van der Waals surface area contributed by atoms with Gasteiger partial charge in [-0.3, -0.25) is 4.79 Å². The number of rotatable bonds is 2. The Morgan fingerprint density at radius 1 is 1.13 bits per heavy atom. The molecule has 116 valence electrons. The van der Waals surface area contributed by atoms with Crippen LogP contribution >= 0.6 is 23.4 Å². The minimum absolute atomic E-state index is 0.128. The summed E-state index contributed by atoms with van der Waals surface area (Å²) >= 11 is 7.45. The van der Waals surface area contributed by atoms with Crippen LogP contribution in [-0.2, 0) is 4.79 Å². The normalized spacial score (nSPS) is 17.8. The highest BCUT2D eigenvalue weighted by atomic mass is 35.5. The van der Waals surface area contributed by atoms with Crippen LogP contribution in [0.2, 0.25) is 5.02 Å². The molecule has 0 aliphatic carbocycles. The summed E-state index contributed by atoms with van der Waals surface area (Å²) in [5.74, 6) is -0.128. The Morgan fingerprint density at radius 3 is 2.70 bits per heavy atom. The van der Waals surface area contributed by atoms with E-state index in [2.05, 4.69) is 10.3 Å². The largest absolute Gasteiger partial charge is 0.300 e. The van der Waals surface area contributed by atoms with Crippen molar-refractivity contribution in [3.63, 3.8) is 0 Å². The number of nitrogens with one attached hydrogen (secondary N) is 1. The molecule has 1 fully saturated rings. The fourth-order valence-electron chi connectivity index (χ4n) is 2.20. The Bertz CT molecular complexity index is 843. The zero-order valence-electron chi connectivity index (χ0n) is 12.8. The molecule has 0 atom stereocenters. The summed E-state index contributed by atoms with van der Waals surface area (Å²) in [6, 6.07) is 13.5. The second-order valence-corrected chi connectivity index (χ2v) is 6.66. The molecule has 1 heterocycles. The van der Waals surface area contributed by atoms with Gasteiger partial charge in [0.05, 0.1) is 10.6 Å². The van der Waals surface area contributed by atoms with Crippen molar-refractivity contribution in [2.24, 2.45) is 4.99 Å². The molecule has 5 heteroatoms. The third-order valence-electron chi connectivity index (χ3n) is 3.59. The summed E-state index contributed by atoms with van der Waals surface area (Å²) in [4.78, 5) is 17.3. The maximum Gasteiger partial charge on any atom is 0.264 e. The van der Waals surface area contributed by atoms with Crippen molar-refractivity contribution in [1.29, 1.82) is 0 Å². The van der Waals surface area contributed by atoms with E-state index in [9.17, 15) is 4.79 Å². The number of amidine groups is 1. The first-order chi connectivity index (χ1) is 11.0. The SMILES string of the molecule is Cc1ccccc1/C=C1/SC(=Nc2cccc(Cl)c2C)NC1=O. The first kappa shape index (κ1) is 15.8. The minimum atomic E-state index is -0.128. The van der Waals surface area contributed by atoms with Crippen molar-refractivity contribution in [1.82, 2.24) is 5.32 Å². The van der Waals surface area contributed by atoms with Crippen LogP contribution in [0.4, 0.5) is 5.69 Å². The molecule has 3 nitrogen and oxygen atoms in total. The van der Waals surface area contributed by atoms with Crippen LogP contribution in [0.5, 0.6) is 0 Å². The molecule has 1 aliphatic heterocycles. The van der Waals surface area contributed by atoms with Gasteiger partial charge in [0.15, 0.2) is 5.17 Å². The molecule has 3 rings (SSSR count). The molecule has 0 radical (unpaired) electrons. The van der Waals surface area contributed by atoms with Crippen molar-refractivity contribution in [2.75, 3.05) is 0 Å². The van der Waals surface area contributed by atoms with Gasteiger partial charge < -0.3 is 5.32 Å². The molecular weight excluding hydrogens is 328 g/mol. The summed E-state index contributed by atoms with van der Waals surface area (Å²) in [5.41, 5.74) is 3.82. The molecule has 23 heavy (non-hydrogen) atoms. The third-order valence-corrected chi connectivity index (χ3v) is 4.91. The van der Waals surface area contributed by atoms with Crippen LogP contribution < -0.4 is 5.32 Å². The number of halogens is 1. The van der Waals surface area contributed by atoms with Crippen molar-refractivity contribution >= 4 is 46.2 Å². The number of hydrogen-bond donors (Lipinski definition) is 1. The van der Waals surface area contributed by atoms with Crippen molar-refractivity contribution < 1.29 is 4.79 Å². The number of aliphatic imine (C=N–C) groups is 1. The molecule has 1 N–H and O–H groups in total. The van der Waals surface area contributed by atoms with Crippen LogP contribution in [0.25, 0.3) is 6.08 Å². The van der Waals surface area contributed by atoms with E-state index >= 15 is 0 Å². The van der Waals surface area contributed by atoms with E-state index in [0.29, 0.717) is 15.1 Å². The molecule has 1 aliphatic rings. The molecule has 2 aromatic carbocycles. The van der Waals surface area contributed by atoms with E-state index in [0.717, 1.165) is 22.4 Å². The fourth-order valence-corrected chi connectivity index (χ4v) is 3.19. The lowest BCUT2D eigenvalue weighted by Gasteiger charge is -2.02. The zero-order chi connectivity index (χ0) is 16.4. The maximum absolute atomic E-state index is 12.1. The Morgan fingerprint density at radius 2 is 1.91 bits per heavy atom. The van der Waals surface area contributed by atoms with Crippen molar-refractivity contribution in [3.8, 4) is 0 Å². The van der Waals surface area contributed by atoms with Gasteiger partial charge in [0.2, 0.25) is 0 Å². The van der Waals surface area contributed by atoms with Crippen molar-refractivity contribution in [3.05, 3.63) is 69.1 Å². The average Bonchev–Trinajstić information content (AvgIpc) is 2.86. The van der Waals surface area contributed by atoms with Crippen LogP contribution in [0.1, 0.15) is 16.7 Å². The van der Waals surface area contributed by atoms with Gasteiger partial charge in [-0.15, -0.1) is 0 Å². The standard InChI is InChI=1S/C18H15ClN2OS/c1-11-6-3-4-7-13(11)10-16-17(22)21-18(23-16)20-15-9-5-8-14(19)12(15)2/h3-10H,1-2H3,(H,20,21,22)/b16-10+. The van der Waals surface area contributed by atoms with E-state index in [1.54, 1.807) is 0 Å². The van der Waals surface area contributed by atoms with Crippen LogP contribution in [0.15, 0.2) is 52.4 Å². The summed E-state index contributed by atoms with van der Waals surface area (Å²) in [5, 5.41) is 4.03. The summed E-state index contributed by atoms with van der Waals surface area (Å²) in [7, 11) is 0. The Balaban J connectivity index is 1.89. The predicted molar refractivity (Wildman–Crippen MR) is 98.2 cm³/mol. The average molecular weight is 343 g/mol. The lowest BCUT2D eigenvalue weighted by atomic mass is 10.1. The second kappa shape index (κ2) is 6.60. The molecule has 1 amide bonds. The molecule has 1 saturated heterocycles. The van der Waals surface area contributed by atoms with Gasteiger partial charge in [0.25, 0.3) is 5.91 Å². The number of carbonyl (C=O) groups is 1. The van der Waals surface area contributed by atoms with Crippen LogP contribution in [-0.4, -0.2) is 11.1 Å². The summed E-state index contributed by atoms with van der Waals surface area (Å²) in [6.45, 7) is 3.93. The highest BCUT2D eigenvalue weighted by molar-refractivity contribution is 8.18. The zero-order valence-corrected chi connectivity index (χ0v) is 14.3. The summed E-state index contributed by atoms with van der Waals surface area (Å²) < 4.78 is 0. The number of amides is 1. The quantitative estimate of drug-likeness (QED) is 0.793. The minimum Gasteiger partial charge on any atom is -0.300 e. The maximum atomic E-state index is 12.1. The molecule has 0 spiro atoms. The summed E-state index contributed by atoms with van der Waals surface area (Å²) in [6.07, 6.45) is 1.89. The highest BCUT2D eigenvalue weighted by Gasteiger charge is 2.24. The van der Waals surface area contributed by atoms with Gasteiger partial charge in [0, 0.05) is 5.02 Å². The van der Waals surface area contributed by atoms with Gasteiger partial charge in [-0.25, -0.2) is 4.99 Å². The van der Waals surface area contributed by atoms with Gasteiger partial charge in [0.1, 0.15) is 0 Å². The number of hydrogen-bond acceptors (Lipinski definition) is 3. The smallest absolute Gasteiger partial charge is 0.264 e. The van der Waals surface area contributed by atoms with Gasteiger partial charge in [-0.2, -0.15) is 0 Å². The number of aryl methyl sites for hydroxylation is 1. The molecule has 0 saturated carbocycles. The topological polar surface area (TPSA) is 41.5 Å². The first-order valence-electron chi connectivity index (χ1n) is 7.15. The van der Waals surface area contributed by atoms with Gasteiger partial charge in [-0.05, 0) is 60.5 Å². The molecule has 2 aromatic rings. The number of nitrogens with zero attached hydrogens (tertiary/aromatic N) is 1. The van der Waals surface area contributed by atoms with E-state index in [-0.39, 0.29) is 5.91 Å². The molecule has 0 unspecified atom stereocenters. The van der Waals surface area contributed by atoms with Crippen molar-refractivity contribution in [2.45, 2.75) is 13.8 Å².